The number of nitrogens with zero attached hydrogens (tertiary/aromatic N) is 1. The first-order valence-electron chi connectivity index (χ1n) is 6.44. The Kier molecular flexibility index (Phi) is 2.50. The molecule has 1 aliphatic carbocycles. The summed E-state index contributed by atoms with van der Waals surface area (Å²) in [5.74, 6) is 0.482. The molecular formula is C14H19NO. The molecule has 0 amide bonds. The summed E-state index contributed by atoms with van der Waals surface area (Å²) in [7, 11) is 0. The van der Waals surface area contributed by atoms with Gasteiger partial charge in [0.15, 0.2) is 0 Å². The van der Waals surface area contributed by atoms with E-state index in [9.17, 15) is 5.11 Å². The second kappa shape index (κ2) is 4.00. The second-order valence-electron chi connectivity index (χ2n) is 5.01. The zero-order valence-corrected chi connectivity index (χ0v) is 9.65. The molecule has 86 valence electrons. The Hall–Kier alpha value is -1.18. The summed E-state index contributed by atoms with van der Waals surface area (Å²) in [6.07, 6.45) is 7.81. The van der Waals surface area contributed by atoms with Crippen molar-refractivity contribution in [2.24, 2.45) is 0 Å². The number of anilines is 1. The molecule has 1 heterocycles. The summed E-state index contributed by atoms with van der Waals surface area (Å²) in [5.41, 5.74) is 2.44. The number of rotatable bonds is 1. The van der Waals surface area contributed by atoms with Crippen LogP contribution in [0.2, 0.25) is 0 Å². The molecule has 1 aromatic rings. The van der Waals surface area contributed by atoms with E-state index >= 15 is 0 Å². The molecular weight excluding hydrogens is 198 g/mol. The average molecular weight is 217 g/mol. The van der Waals surface area contributed by atoms with Crippen molar-refractivity contribution in [2.75, 3.05) is 11.4 Å². The molecule has 1 fully saturated rings. The highest BCUT2D eigenvalue weighted by atomic mass is 16.3. The van der Waals surface area contributed by atoms with Crippen molar-refractivity contribution >= 4 is 5.69 Å². The van der Waals surface area contributed by atoms with Crippen molar-refractivity contribution < 1.29 is 5.11 Å². The number of phenolic OH excluding ortho intramolecular Hbond substituents is 1. The molecule has 2 heteroatoms. The van der Waals surface area contributed by atoms with E-state index in [1.165, 1.54) is 37.8 Å². The monoisotopic (exact) mass is 217 g/mol. The Morgan fingerprint density at radius 1 is 1.12 bits per heavy atom. The van der Waals surface area contributed by atoms with Crippen LogP contribution in [-0.2, 0) is 6.42 Å². The average Bonchev–Trinajstić information content (AvgIpc) is 2.75. The molecule has 1 N–H and O–H groups in total. The Morgan fingerprint density at radius 3 is 2.75 bits per heavy atom. The molecule has 0 bridgehead atoms. The molecule has 0 radical (unpaired) electrons. The zero-order chi connectivity index (χ0) is 11.0. The molecule has 3 rings (SSSR count). The summed E-state index contributed by atoms with van der Waals surface area (Å²) in [4.78, 5) is 2.52. The number of aromatic hydroxyl groups is 1. The Morgan fingerprint density at radius 2 is 1.94 bits per heavy atom. The summed E-state index contributed by atoms with van der Waals surface area (Å²) in [5, 5.41) is 9.82. The van der Waals surface area contributed by atoms with Crippen molar-refractivity contribution in [3.63, 3.8) is 0 Å². The normalized spacial score (nSPS) is 21.1. The molecule has 2 aliphatic rings. The maximum atomic E-state index is 9.82. The van der Waals surface area contributed by atoms with Gasteiger partial charge in [0, 0.05) is 23.8 Å². The molecule has 0 unspecified atom stereocenters. The van der Waals surface area contributed by atoms with Gasteiger partial charge in [-0.25, -0.2) is 0 Å². The van der Waals surface area contributed by atoms with Gasteiger partial charge in [-0.15, -0.1) is 0 Å². The number of benzene rings is 1. The lowest BCUT2D eigenvalue weighted by Gasteiger charge is -2.33. The number of fused-ring (bicyclic) bond motifs is 1. The SMILES string of the molecule is Oc1cccc2c1CCN2C1CCCCC1. The maximum absolute atomic E-state index is 9.82. The fraction of sp³-hybridized carbons (Fsp3) is 0.571. The van der Waals surface area contributed by atoms with E-state index in [2.05, 4.69) is 11.0 Å². The number of phenols is 1. The first kappa shape index (κ1) is 10.0. The van der Waals surface area contributed by atoms with Crippen molar-refractivity contribution in [1.29, 1.82) is 0 Å². The van der Waals surface area contributed by atoms with Gasteiger partial charge < -0.3 is 10.0 Å². The minimum Gasteiger partial charge on any atom is -0.508 e. The molecule has 0 aromatic heterocycles. The lowest BCUT2D eigenvalue weighted by Crippen LogP contribution is -2.35. The quantitative estimate of drug-likeness (QED) is 0.781. The summed E-state index contributed by atoms with van der Waals surface area (Å²) >= 11 is 0. The van der Waals surface area contributed by atoms with Gasteiger partial charge >= 0.3 is 0 Å². The predicted molar refractivity (Wildman–Crippen MR) is 66.0 cm³/mol. The first-order chi connectivity index (χ1) is 7.86. The molecule has 0 saturated heterocycles. The molecule has 0 spiro atoms. The third-order valence-corrected chi connectivity index (χ3v) is 4.05. The molecule has 2 nitrogen and oxygen atoms in total. The Bertz CT molecular complexity index is 382. The number of hydrogen-bond acceptors (Lipinski definition) is 2. The van der Waals surface area contributed by atoms with Crippen LogP contribution in [0, 0.1) is 0 Å². The summed E-state index contributed by atoms with van der Waals surface area (Å²) in [6.45, 7) is 1.09. The van der Waals surface area contributed by atoms with Gasteiger partial charge in [0.05, 0.1) is 0 Å². The van der Waals surface area contributed by atoms with Gasteiger partial charge in [-0.2, -0.15) is 0 Å². The molecule has 0 atom stereocenters. The summed E-state index contributed by atoms with van der Waals surface area (Å²) in [6, 6.07) is 6.66. The van der Waals surface area contributed by atoms with Crippen LogP contribution >= 0.6 is 0 Å². The highest BCUT2D eigenvalue weighted by Gasteiger charge is 2.28. The van der Waals surface area contributed by atoms with E-state index < -0.39 is 0 Å². The third-order valence-electron chi connectivity index (χ3n) is 4.05. The van der Waals surface area contributed by atoms with Crippen LogP contribution in [0.1, 0.15) is 37.7 Å². The standard InChI is InChI=1S/C14H19NO/c16-14-8-4-7-13-12(14)9-10-15(13)11-5-2-1-3-6-11/h4,7-8,11,16H,1-3,5-6,9-10H2. The van der Waals surface area contributed by atoms with Gasteiger partial charge in [0.2, 0.25) is 0 Å². The molecule has 1 aliphatic heterocycles. The van der Waals surface area contributed by atoms with Gasteiger partial charge in [0.25, 0.3) is 0 Å². The topological polar surface area (TPSA) is 23.5 Å². The zero-order valence-electron chi connectivity index (χ0n) is 9.65. The predicted octanol–water partition coefficient (Wildman–Crippen LogP) is 3.09. The van der Waals surface area contributed by atoms with Crippen LogP contribution in [0.5, 0.6) is 5.75 Å². The van der Waals surface area contributed by atoms with Crippen LogP contribution in [0.4, 0.5) is 5.69 Å². The van der Waals surface area contributed by atoms with Crippen molar-refractivity contribution in [3.8, 4) is 5.75 Å². The van der Waals surface area contributed by atoms with Crippen molar-refractivity contribution in [3.05, 3.63) is 23.8 Å². The highest BCUT2D eigenvalue weighted by molar-refractivity contribution is 5.63. The minimum absolute atomic E-state index is 0.482. The minimum atomic E-state index is 0.482. The fourth-order valence-electron chi connectivity index (χ4n) is 3.21. The summed E-state index contributed by atoms with van der Waals surface area (Å²) < 4.78 is 0. The van der Waals surface area contributed by atoms with E-state index in [0.717, 1.165) is 24.6 Å². The number of hydrogen-bond donors (Lipinski definition) is 1. The molecule has 1 aromatic carbocycles. The van der Waals surface area contributed by atoms with Gasteiger partial charge in [-0.3, -0.25) is 0 Å². The van der Waals surface area contributed by atoms with E-state index in [4.69, 9.17) is 0 Å². The van der Waals surface area contributed by atoms with Crippen LogP contribution in [-0.4, -0.2) is 17.7 Å². The van der Waals surface area contributed by atoms with Crippen LogP contribution < -0.4 is 4.90 Å². The van der Waals surface area contributed by atoms with E-state index in [-0.39, 0.29) is 0 Å². The molecule has 1 saturated carbocycles. The van der Waals surface area contributed by atoms with Crippen LogP contribution in [0.25, 0.3) is 0 Å². The van der Waals surface area contributed by atoms with E-state index in [0.29, 0.717) is 5.75 Å². The third kappa shape index (κ3) is 1.57. The first-order valence-corrected chi connectivity index (χ1v) is 6.44. The maximum Gasteiger partial charge on any atom is 0.120 e. The Balaban J connectivity index is 1.87. The van der Waals surface area contributed by atoms with E-state index in [1.807, 2.05) is 12.1 Å². The van der Waals surface area contributed by atoms with Crippen molar-refractivity contribution in [1.82, 2.24) is 0 Å². The highest BCUT2D eigenvalue weighted by Crippen LogP contribution is 2.38. The van der Waals surface area contributed by atoms with E-state index in [1.54, 1.807) is 0 Å². The largest absolute Gasteiger partial charge is 0.508 e. The smallest absolute Gasteiger partial charge is 0.120 e. The van der Waals surface area contributed by atoms with Gasteiger partial charge in [-0.05, 0) is 31.4 Å². The van der Waals surface area contributed by atoms with Gasteiger partial charge in [0.1, 0.15) is 5.75 Å². The molecule has 16 heavy (non-hydrogen) atoms. The Labute approximate surface area is 96.9 Å². The van der Waals surface area contributed by atoms with Crippen molar-refractivity contribution in [2.45, 2.75) is 44.6 Å². The fourth-order valence-corrected chi connectivity index (χ4v) is 3.21. The lowest BCUT2D eigenvalue weighted by molar-refractivity contribution is 0.420. The van der Waals surface area contributed by atoms with Crippen LogP contribution in [0.15, 0.2) is 18.2 Å². The second-order valence-corrected chi connectivity index (χ2v) is 5.01. The lowest BCUT2D eigenvalue weighted by atomic mass is 9.94. The van der Waals surface area contributed by atoms with Crippen LogP contribution in [0.3, 0.4) is 0 Å². The van der Waals surface area contributed by atoms with Gasteiger partial charge in [-0.1, -0.05) is 25.3 Å².